The fourth-order valence-corrected chi connectivity index (χ4v) is 6.37. The maximum Gasteiger partial charge on any atom is 0.265 e. The second-order valence-electron chi connectivity index (χ2n) is 9.41. The first-order chi connectivity index (χ1) is 15.9. The minimum atomic E-state index is -3.75. The van der Waals surface area contributed by atoms with Gasteiger partial charge in [0.05, 0.1) is 6.54 Å². The van der Waals surface area contributed by atoms with E-state index in [4.69, 9.17) is 5.73 Å². The molecule has 0 unspecified atom stereocenters. The molecule has 1 aromatic heterocycles. The van der Waals surface area contributed by atoms with Crippen LogP contribution in [0.15, 0.2) is 53.2 Å². The van der Waals surface area contributed by atoms with E-state index in [-0.39, 0.29) is 41.4 Å². The second kappa shape index (κ2) is 8.68. The van der Waals surface area contributed by atoms with Crippen molar-refractivity contribution >= 4 is 27.4 Å². The molecule has 1 amide bonds. The van der Waals surface area contributed by atoms with E-state index in [0.29, 0.717) is 13.1 Å². The number of nitrogens with two attached hydrogens (primary N) is 1. The number of aryl methyl sites for hydroxylation is 1. The molecule has 0 radical (unpaired) electrons. The number of ketones is 1. The van der Waals surface area contributed by atoms with Crippen molar-refractivity contribution in [1.29, 1.82) is 0 Å². The number of rotatable bonds is 6. The lowest BCUT2D eigenvalue weighted by Crippen LogP contribution is -2.49. The van der Waals surface area contributed by atoms with Gasteiger partial charge in [0, 0.05) is 69.3 Å². The Morgan fingerprint density at radius 1 is 1.09 bits per heavy atom. The third-order valence-corrected chi connectivity index (χ3v) is 8.68. The van der Waals surface area contributed by atoms with Crippen molar-refractivity contribution in [1.82, 2.24) is 13.8 Å². The maximum absolute atomic E-state index is 13.0. The minimum Gasteiger partial charge on any atom is -0.364 e. The number of likely N-dealkylation sites (N-methyl/N-ethyl adjacent to an activating group) is 1. The predicted molar refractivity (Wildman–Crippen MR) is 130 cm³/mol. The van der Waals surface area contributed by atoms with Crippen molar-refractivity contribution in [2.75, 3.05) is 44.7 Å². The number of allylic oxidation sites excluding steroid dienone is 1. The Bertz CT molecular complexity index is 1270. The molecule has 1 fully saturated rings. The van der Waals surface area contributed by atoms with Gasteiger partial charge in [-0.3, -0.25) is 14.5 Å². The van der Waals surface area contributed by atoms with Crippen LogP contribution in [-0.2, 0) is 27.3 Å². The Labute approximate surface area is 200 Å². The summed E-state index contributed by atoms with van der Waals surface area (Å²) in [6.07, 6.45) is 3.12. The van der Waals surface area contributed by atoms with Gasteiger partial charge in [-0.1, -0.05) is 32.0 Å². The molecule has 2 N–H and O–H groups in total. The van der Waals surface area contributed by atoms with Crippen LogP contribution in [0.3, 0.4) is 0 Å². The largest absolute Gasteiger partial charge is 0.364 e. The van der Waals surface area contributed by atoms with Crippen LogP contribution in [0.5, 0.6) is 0 Å². The fraction of sp³-hybridized carbons (Fsp3) is 0.417. The van der Waals surface area contributed by atoms with Crippen LogP contribution in [-0.4, -0.2) is 73.7 Å². The van der Waals surface area contributed by atoms with Crippen LogP contribution in [0, 0.1) is 0 Å². The number of fused-ring (bicyclic) bond motifs is 1. The van der Waals surface area contributed by atoms with Crippen molar-refractivity contribution in [3.8, 4) is 0 Å². The number of hydrogen-bond donors (Lipinski definition) is 1. The van der Waals surface area contributed by atoms with Crippen LogP contribution >= 0.6 is 0 Å². The van der Waals surface area contributed by atoms with E-state index in [0.717, 1.165) is 11.4 Å². The number of sulfonamides is 1. The van der Waals surface area contributed by atoms with Gasteiger partial charge < -0.3 is 15.2 Å². The van der Waals surface area contributed by atoms with Gasteiger partial charge in [0.25, 0.3) is 5.91 Å². The Morgan fingerprint density at radius 3 is 2.32 bits per heavy atom. The normalized spacial score (nSPS) is 20.0. The van der Waals surface area contributed by atoms with Gasteiger partial charge in [-0.05, 0) is 17.7 Å². The molecule has 0 saturated carbocycles. The number of benzene rings is 1. The number of para-hydroxylation sites is 1. The smallest absolute Gasteiger partial charge is 0.265 e. The van der Waals surface area contributed by atoms with Crippen LogP contribution in [0.2, 0.25) is 0 Å². The van der Waals surface area contributed by atoms with Crippen LogP contribution in [0.25, 0.3) is 0 Å². The summed E-state index contributed by atoms with van der Waals surface area (Å²) >= 11 is 0. The van der Waals surface area contributed by atoms with E-state index in [9.17, 15) is 18.0 Å². The van der Waals surface area contributed by atoms with Gasteiger partial charge >= 0.3 is 0 Å². The summed E-state index contributed by atoms with van der Waals surface area (Å²) in [7, 11) is -0.189. The van der Waals surface area contributed by atoms with Crippen LogP contribution < -0.4 is 10.6 Å². The molecule has 0 spiro atoms. The summed E-state index contributed by atoms with van der Waals surface area (Å²) in [5.74, 6) is -0.686. The predicted octanol–water partition coefficient (Wildman–Crippen LogP) is 1.31. The highest BCUT2D eigenvalue weighted by molar-refractivity contribution is 7.89. The van der Waals surface area contributed by atoms with E-state index >= 15 is 0 Å². The number of piperazine rings is 1. The summed E-state index contributed by atoms with van der Waals surface area (Å²) in [5.41, 5.74) is 8.42. The monoisotopic (exact) mass is 485 g/mol. The molecule has 1 saturated heterocycles. The molecule has 1 aromatic carbocycles. The van der Waals surface area contributed by atoms with Crippen molar-refractivity contribution in [2.45, 2.75) is 24.2 Å². The second-order valence-corrected chi connectivity index (χ2v) is 11.4. The molecule has 9 nitrogen and oxygen atoms in total. The Morgan fingerprint density at radius 2 is 1.74 bits per heavy atom. The summed E-state index contributed by atoms with van der Waals surface area (Å²) in [6.45, 7) is 5.89. The molecule has 3 heterocycles. The molecule has 2 aliphatic heterocycles. The summed E-state index contributed by atoms with van der Waals surface area (Å²) in [4.78, 5) is 28.5. The number of amides is 1. The fourth-order valence-electron chi connectivity index (χ4n) is 4.87. The zero-order valence-electron chi connectivity index (χ0n) is 20.0. The third-order valence-electron chi connectivity index (χ3n) is 6.82. The standard InChI is InChI=1S/C24H31N5O4S/c1-24(2)19-7-5-6-8-20(19)27(4)22(24)13-17(30)15-28-9-11-29(12-10-28)34(32,33)18-14-21(23(25)31)26(3)16-18/h5-8,13-14,16H,9-12,15H2,1-4H3,(H2,25,31). The summed E-state index contributed by atoms with van der Waals surface area (Å²) < 4.78 is 28.8. The van der Waals surface area contributed by atoms with Gasteiger partial charge in [0.2, 0.25) is 10.0 Å². The molecule has 10 heteroatoms. The van der Waals surface area contributed by atoms with Crippen LogP contribution in [0.1, 0.15) is 29.9 Å². The highest BCUT2D eigenvalue weighted by Crippen LogP contribution is 2.46. The molecule has 4 rings (SSSR count). The average Bonchev–Trinajstić information content (AvgIpc) is 3.27. The van der Waals surface area contributed by atoms with Gasteiger partial charge in [0.1, 0.15) is 10.6 Å². The van der Waals surface area contributed by atoms with E-state index in [2.05, 4.69) is 30.9 Å². The summed E-state index contributed by atoms with van der Waals surface area (Å²) in [5, 5.41) is 0. The van der Waals surface area contributed by atoms with Crippen LogP contribution in [0.4, 0.5) is 5.69 Å². The number of carbonyl (C=O) groups is 2. The van der Waals surface area contributed by atoms with Gasteiger partial charge in [-0.2, -0.15) is 4.31 Å². The maximum atomic E-state index is 13.0. The Kier molecular flexibility index (Phi) is 6.17. The van der Waals surface area contributed by atoms with Crippen molar-refractivity contribution < 1.29 is 18.0 Å². The number of aromatic nitrogens is 1. The first kappa shape index (κ1) is 24.2. The molecule has 0 atom stereocenters. The quantitative estimate of drug-likeness (QED) is 0.618. The Balaban J connectivity index is 1.40. The van der Waals surface area contributed by atoms with E-state index in [1.165, 1.54) is 26.7 Å². The number of hydrogen-bond acceptors (Lipinski definition) is 6. The first-order valence-corrected chi connectivity index (χ1v) is 12.6. The Hall–Kier alpha value is -2.95. The lowest BCUT2D eigenvalue weighted by atomic mass is 9.83. The van der Waals surface area contributed by atoms with Crippen molar-refractivity contribution in [2.24, 2.45) is 12.8 Å². The van der Waals surface area contributed by atoms with Gasteiger partial charge in [0.15, 0.2) is 5.78 Å². The lowest BCUT2D eigenvalue weighted by molar-refractivity contribution is -0.116. The zero-order valence-corrected chi connectivity index (χ0v) is 20.8. The zero-order chi connectivity index (χ0) is 24.8. The van der Waals surface area contributed by atoms with Crippen molar-refractivity contribution in [3.05, 3.63) is 59.6 Å². The van der Waals surface area contributed by atoms with Gasteiger partial charge in [-0.15, -0.1) is 0 Å². The van der Waals surface area contributed by atoms with Crippen molar-refractivity contribution in [3.63, 3.8) is 0 Å². The van der Waals surface area contributed by atoms with E-state index in [1.807, 2.05) is 24.1 Å². The topological polar surface area (TPSA) is 109 Å². The number of anilines is 1. The summed E-state index contributed by atoms with van der Waals surface area (Å²) in [6, 6.07) is 9.46. The molecule has 0 bridgehead atoms. The SMILES string of the molecule is CN1C(=CC(=O)CN2CCN(S(=O)(=O)c3cc(C(N)=O)n(C)c3)CC2)C(C)(C)c2ccccc21. The van der Waals surface area contributed by atoms with Gasteiger partial charge in [-0.25, -0.2) is 8.42 Å². The first-order valence-electron chi connectivity index (χ1n) is 11.2. The molecule has 182 valence electrons. The van der Waals surface area contributed by atoms with E-state index in [1.54, 1.807) is 13.1 Å². The molecular weight excluding hydrogens is 454 g/mol. The number of nitrogens with zero attached hydrogens (tertiary/aromatic N) is 4. The number of primary amides is 1. The molecule has 2 aromatic rings. The molecule has 2 aliphatic rings. The molecule has 0 aliphatic carbocycles. The van der Waals surface area contributed by atoms with E-state index < -0.39 is 15.9 Å². The lowest BCUT2D eigenvalue weighted by Gasteiger charge is -2.33. The minimum absolute atomic E-state index is 0.00630. The molecule has 34 heavy (non-hydrogen) atoms. The average molecular weight is 486 g/mol. The number of carbonyl (C=O) groups excluding carboxylic acids is 2. The molecular formula is C24H31N5O4S. The highest BCUT2D eigenvalue weighted by Gasteiger charge is 2.38. The third kappa shape index (κ3) is 4.17. The highest BCUT2D eigenvalue weighted by atomic mass is 32.2.